The maximum Gasteiger partial charge on any atom is 0.166 e. The number of benzene rings is 1. The molecule has 1 aromatic carbocycles. The van der Waals surface area contributed by atoms with Crippen molar-refractivity contribution in [3.63, 3.8) is 0 Å². The largest absolute Gasteiger partial charge is 0.504 e. The molecule has 1 aromatic rings. The summed E-state index contributed by atoms with van der Waals surface area (Å²) in [6, 6.07) is 3.44. The molecule has 2 rings (SSSR count). The van der Waals surface area contributed by atoms with Gasteiger partial charge in [-0.15, -0.1) is 0 Å². The van der Waals surface area contributed by atoms with Crippen molar-refractivity contribution < 1.29 is 18.9 Å². The molecule has 122 valence electrons. The van der Waals surface area contributed by atoms with Gasteiger partial charge >= 0.3 is 0 Å². The van der Waals surface area contributed by atoms with Crippen LogP contribution in [0.15, 0.2) is 18.4 Å². The molecule has 0 spiro atoms. The second-order valence-corrected chi connectivity index (χ2v) is 6.51. The van der Waals surface area contributed by atoms with E-state index < -0.39 is 0 Å². The van der Waals surface area contributed by atoms with Crippen LogP contribution in [0.2, 0.25) is 10.0 Å². The standard InChI is InChI=1S/C16H20Cl2O4/c1-16(2,15-20-6-7-21-15)10-22-14-9-13(18)12(17)8-11(14)4-5-19-3/h4-5,8-9,15H,6-7,10H2,1-3H3/b5-4+. The van der Waals surface area contributed by atoms with Gasteiger partial charge in [-0.1, -0.05) is 37.0 Å². The van der Waals surface area contributed by atoms with Crippen molar-refractivity contribution in [1.29, 1.82) is 0 Å². The van der Waals surface area contributed by atoms with Crippen LogP contribution in [0, 0.1) is 5.41 Å². The molecular weight excluding hydrogens is 327 g/mol. The van der Waals surface area contributed by atoms with Gasteiger partial charge in [0, 0.05) is 17.0 Å². The highest BCUT2D eigenvalue weighted by Crippen LogP contribution is 2.34. The monoisotopic (exact) mass is 346 g/mol. The first-order valence-electron chi connectivity index (χ1n) is 6.98. The lowest BCUT2D eigenvalue weighted by Crippen LogP contribution is -2.36. The van der Waals surface area contributed by atoms with Gasteiger partial charge in [0.15, 0.2) is 6.29 Å². The smallest absolute Gasteiger partial charge is 0.166 e. The minimum Gasteiger partial charge on any atom is -0.504 e. The zero-order chi connectivity index (χ0) is 16.2. The maximum atomic E-state index is 6.08. The predicted molar refractivity (Wildman–Crippen MR) is 87.5 cm³/mol. The number of rotatable bonds is 6. The highest BCUT2D eigenvalue weighted by Gasteiger charge is 2.35. The molecule has 0 N–H and O–H groups in total. The molecule has 1 fully saturated rings. The fourth-order valence-electron chi connectivity index (χ4n) is 2.08. The van der Waals surface area contributed by atoms with Gasteiger partial charge < -0.3 is 18.9 Å². The third-order valence-electron chi connectivity index (χ3n) is 3.30. The molecule has 22 heavy (non-hydrogen) atoms. The third kappa shape index (κ3) is 4.29. The van der Waals surface area contributed by atoms with Crippen molar-refractivity contribution in [3.8, 4) is 5.75 Å². The first kappa shape index (κ1) is 17.4. The molecule has 1 aliphatic rings. The third-order valence-corrected chi connectivity index (χ3v) is 4.02. The van der Waals surface area contributed by atoms with Crippen LogP contribution >= 0.6 is 23.2 Å². The molecular formula is C16H20Cl2O4. The molecule has 4 nitrogen and oxygen atoms in total. The van der Waals surface area contributed by atoms with Gasteiger partial charge in [-0.2, -0.15) is 0 Å². The van der Waals surface area contributed by atoms with Crippen molar-refractivity contribution in [2.45, 2.75) is 20.1 Å². The Morgan fingerprint density at radius 2 is 1.86 bits per heavy atom. The Morgan fingerprint density at radius 1 is 1.23 bits per heavy atom. The summed E-state index contributed by atoms with van der Waals surface area (Å²) in [5.41, 5.74) is 0.505. The Balaban J connectivity index is 2.14. The van der Waals surface area contributed by atoms with E-state index >= 15 is 0 Å². The van der Waals surface area contributed by atoms with Crippen LogP contribution in [0.4, 0.5) is 0 Å². The highest BCUT2D eigenvalue weighted by molar-refractivity contribution is 6.42. The van der Waals surface area contributed by atoms with E-state index in [-0.39, 0.29) is 11.7 Å². The fourth-order valence-corrected chi connectivity index (χ4v) is 2.41. The van der Waals surface area contributed by atoms with Crippen molar-refractivity contribution in [1.82, 2.24) is 0 Å². The molecule has 0 aromatic heterocycles. The maximum absolute atomic E-state index is 6.08. The second kappa shape index (κ2) is 7.55. The molecule has 0 aliphatic carbocycles. The number of hydrogen-bond donors (Lipinski definition) is 0. The summed E-state index contributed by atoms with van der Waals surface area (Å²) in [5, 5.41) is 0.906. The van der Waals surface area contributed by atoms with E-state index in [2.05, 4.69) is 0 Å². The lowest BCUT2D eigenvalue weighted by Gasteiger charge is -2.29. The van der Waals surface area contributed by atoms with Gasteiger partial charge in [-0.25, -0.2) is 0 Å². The second-order valence-electron chi connectivity index (χ2n) is 5.69. The highest BCUT2D eigenvalue weighted by atomic mass is 35.5. The van der Waals surface area contributed by atoms with E-state index in [1.807, 2.05) is 13.8 Å². The lowest BCUT2D eigenvalue weighted by atomic mass is 9.94. The Hall–Kier alpha value is -0.940. The first-order valence-corrected chi connectivity index (χ1v) is 7.74. The summed E-state index contributed by atoms with van der Waals surface area (Å²) in [5.74, 6) is 0.633. The van der Waals surface area contributed by atoms with E-state index in [0.29, 0.717) is 35.6 Å². The fraction of sp³-hybridized carbons (Fsp3) is 0.500. The Kier molecular flexibility index (Phi) is 5.98. The molecule has 0 atom stereocenters. The van der Waals surface area contributed by atoms with Crippen LogP contribution in [-0.2, 0) is 14.2 Å². The summed E-state index contributed by atoms with van der Waals surface area (Å²) in [6.45, 7) is 5.71. The summed E-state index contributed by atoms with van der Waals surface area (Å²) in [6.07, 6.45) is 3.06. The summed E-state index contributed by atoms with van der Waals surface area (Å²) < 4.78 is 22.0. The van der Waals surface area contributed by atoms with Gasteiger partial charge in [0.25, 0.3) is 0 Å². The number of ether oxygens (including phenoxy) is 4. The molecule has 0 bridgehead atoms. The van der Waals surface area contributed by atoms with Gasteiger partial charge in [0.05, 0.1) is 43.2 Å². The molecule has 1 saturated heterocycles. The van der Waals surface area contributed by atoms with Crippen LogP contribution in [0.25, 0.3) is 6.08 Å². The van der Waals surface area contributed by atoms with Crippen molar-refractivity contribution in [2.24, 2.45) is 5.41 Å². The lowest BCUT2D eigenvalue weighted by molar-refractivity contribution is -0.131. The average molecular weight is 347 g/mol. The van der Waals surface area contributed by atoms with Crippen molar-refractivity contribution >= 4 is 29.3 Å². The van der Waals surface area contributed by atoms with E-state index in [1.165, 1.54) is 0 Å². The minimum atomic E-state index is -0.287. The minimum absolute atomic E-state index is 0.270. The zero-order valence-electron chi connectivity index (χ0n) is 12.9. The van der Waals surface area contributed by atoms with E-state index in [4.69, 9.17) is 42.1 Å². The van der Waals surface area contributed by atoms with Crippen molar-refractivity contribution in [2.75, 3.05) is 26.9 Å². The Bertz CT molecular complexity index is 537. The summed E-state index contributed by atoms with van der Waals surface area (Å²) in [4.78, 5) is 0. The number of hydrogen-bond acceptors (Lipinski definition) is 4. The molecule has 0 unspecified atom stereocenters. The van der Waals surface area contributed by atoms with Crippen LogP contribution in [0.5, 0.6) is 5.75 Å². The summed E-state index contributed by atoms with van der Waals surface area (Å²) in [7, 11) is 1.58. The first-order chi connectivity index (χ1) is 10.4. The molecule has 6 heteroatoms. The molecule has 0 amide bonds. The van der Waals surface area contributed by atoms with Crippen LogP contribution in [0.1, 0.15) is 19.4 Å². The Labute approximate surface area is 140 Å². The van der Waals surface area contributed by atoms with Gasteiger partial charge in [-0.3, -0.25) is 0 Å². The molecule has 1 aliphatic heterocycles. The molecule has 0 radical (unpaired) electrons. The quantitative estimate of drug-likeness (QED) is 0.716. The summed E-state index contributed by atoms with van der Waals surface area (Å²) >= 11 is 12.1. The van der Waals surface area contributed by atoms with Crippen LogP contribution in [0.3, 0.4) is 0 Å². The van der Waals surface area contributed by atoms with E-state index in [9.17, 15) is 0 Å². The van der Waals surface area contributed by atoms with Crippen LogP contribution < -0.4 is 4.74 Å². The predicted octanol–water partition coefficient (Wildman–Crippen LogP) is 4.39. The van der Waals surface area contributed by atoms with Crippen molar-refractivity contribution in [3.05, 3.63) is 34.0 Å². The van der Waals surface area contributed by atoms with Gasteiger partial charge in [-0.05, 0) is 12.1 Å². The normalized spacial score (nSPS) is 16.4. The van der Waals surface area contributed by atoms with Crippen LogP contribution in [-0.4, -0.2) is 33.2 Å². The topological polar surface area (TPSA) is 36.9 Å². The zero-order valence-corrected chi connectivity index (χ0v) is 14.4. The Morgan fingerprint density at radius 3 is 2.50 bits per heavy atom. The molecule has 1 heterocycles. The number of halogens is 2. The van der Waals surface area contributed by atoms with Gasteiger partial charge in [0.2, 0.25) is 0 Å². The average Bonchev–Trinajstić information content (AvgIpc) is 3.01. The van der Waals surface area contributed by atoms with Gasteiger partial charge in [0.1, 0.15) is 5.75 Å². The number of methoxy groups -OCH3 is 1. The molecule has 0 saturated carbocycles. The van der Waals surface area contributed by atoms with E-state index in [1.54, 1.807) is 31.6 Å². The van der Waals surface area contributed by atoms with E-state index in [0.717, 1.165) is 5.56 Å². The SMILES string of the molecule is CO/C=C/c1cc(Cl)c(Cl)cc1OCC(C)(C)C1OCCO1.